The quantitative estimate of drug-likeness (QED) is 0.710. The number of carbonyl (C=O) groups is 2. The van der Waals surface area contributed by atoms with Crippen LogP contribution in [-0.2, 0) is 14.8 Å². The fraction of sp³-hybridized carbons (Fsp3) is 0.0769. The predicted molar refractivity (Wildman–Crippen MR) is 82.6 cm³/mol. The summed E-state index contributed by atoms with van der Waals surface area (Å²) in [6.07, 6.45) is 0. The van der Waals surface area contributed by atoms with Crippen molar-refractivity contribution in [3.05, 3.63) is 51.3 Å². The number of carboxylic acids is 2. The molecule has 2 rings (SSSR count). The molecule has 2 N–H and O–H groups in total. The SMILES string of the molecule is O=C(O)COc1ccc(=O)n(S(=O)(=O)c2ccc(Cl)c(C(=O)O)c2)n1. The summed E-state index contributed by atoms with van der Waals surface area (Å²) in [5, 5.41) is 20.8. The van der Waals surface area contributed by atoms with Gasteiger partial charge in [0.25, 0.3) is 15.6 Å². The van der Waals surface area contributed by atoms with Gasteiger partial charge in [0, 0.05) is 12.1 Å². The van der Waals surface area contributed by atoms with E-state index in [9.17, 15) is 22.8 Å². The van der Waals surface area contributed by atoms with E-state index < -0.39 is 50.5 Å². The van der Waals surface area contributed by atoms with Gasteiger partial charge in [-0.2, -0.15) is 8.42 Å². The molecule has 132 valence electrons. The number of benzene rings is 1. The van der Waals surface area contributed by atoms with Crippen LogP contribution in [0.5, 0.6) is 5.88 Å². The third-order valence-electron chi connectivity index (χ3n) is 2.78. The van der Waals surface area contributed by atoms with Crippen molar-refractivity contribution in [1.29, 1.82) is 0 Å². The van der Waals surface area contributed by atoms with Crippen LogP contribution in [0.15, 0.2) is 40.0 Å². The number of nitrogens with zero attached hydrogens (tertiary/aromatic N) is 2. The molecule has 0 aliphatic rings. The molecule has 0 saturated carbocycles. The van der Waals surface area contributed by atoms with E-state index in [-0.39, 0.29) is 9.11 Å². The number of aromatic nitrogens is 2. The van der Waals surface area contributed by atoms with Crippen LogP contribution >= 0.6 is 11.6 Å². The Bertz CT molecular complexity index is 1010. The molecule has 12 heteroatoms. The highest BCUT2D eigenvalue weighted by molar-refractivity contribution is 7.89. The van der Waals surface area contributed by atoms with Gasteiger partial charge in [0.05, 0.1) is 15.5 Å². The second-order valence-corrected chi connectivity index (χ2v) is 6.66. The van der Waals surface area contributed by atoms with Crippen LogP contribution in [0.2, 0.25) is 5.02 Å². The van der Waals surface area contributed by atoms with Gasteiger partial charge >= 0.3 is 11.9 Å². The number of ether oxygens (including phenoxy) is 1. The number of halogens is 1. The minimum Gasteiger partial charge on any atom is -0.479 e. The van der Waals surface area contributed by atoms with E-state index in [2.05, 4.69) is 5.10 Å². The molecule has 0 radical (unpaired) electrons. The lowest BCUT2D eigenvalue weighted by atomic mass is 10.2. The third kappa shape index (κ3) is 3.95. The van der Waals surface area contributed by atoms with Gasteiger partial charge in [0.1, 0.15) is 0 Å². The smallest absolute Gasteiger partial charge is 0.341 e. The highest BCUT2D eigenvalue weighted by Gasteiger charge is 2.23. The zero-order chi connectivity index (χ0) is 18.8. The maximum Gasteiger partial charge on any atom is 0.341 e. The summed E-state index contributed by atoms with van der Waals surface area (Å²) in [5.74, 6) is -3.20. The van der Waals surface area contributed by atoms with Crippen LogP contribution in [0, 0.1) is 0 Å². The van der Waals surface area contributed by atoms with E-state index in [1.54, 1.807) is 0 Å². The molecule has 1 aromatic carbocycles. The Balaban J connectivity index is 2.55. The van der Waals surface area contributed by atoms with Crippen molar-refractivity contribution in [2.24, 2.45) is 0 Å². The summed E-state index contributed by atoms with van der Waals surface area (Å²) >= 11 is 5.68. The maximum atomic E-state index is 12.5. The van der Waals surface area contributed by atoms with Crippen molar-refractivity contribution in [2.75, 3.05) is 6.61 Å². The van der Waals surface area contributed by atoms with Crippen LogP contribution in [0.3, 0.4) is 0 Å². The van der Waals surface area contributed by atoms with E-state index in [0.717, 1.165) is 30.3 Å². The molecule has 1 aromatic heterocycles. The molecule has 0 aliphatic heterocycles. The van der Waals surface area contributed by atoms with Gasteiger partial charge in [-0.25, -0.2) is 9.59 Å². The molecule has 0 bridgehead atoms. The average molecular weight is 389 g/mol. The van der Waals surface area contributed by atoms with Crippen LogP contribution in [0.4, 0.5) is 0 Å². The van der Waals surface area contributed by atoms with Gasteiger partial charge in [0.2, 0.25) is 5.88 Å². The largest absolute Gasteiger partial charge is 0.479 e. The molecule has 0 aliphatic carbocycles. The molecule has 2 aromatic rings. The standard InChI is InChI=1S/C13H9ClN2O8S/c14-9-2-1-7(5-8(9)13(20)21)25(22,23)16-11(17)4-3-10(15-16)24-6-12(18)19/h1-5H,6H2,(H,18,19)(H,20,21). The van der Waals surface area contributed by atoms with Crippen LogP contribution in [0.1, 0.15) is 10.4 Å². The Hall–Kier alpha value is -2.92. The molecule has 0 amide bonds. The lowest BCUT2D eigenvalue weighted by molar-refractivity contribution is -0.139. The molecule has 1 heterocycles. The first-order chi connectivity index (χ1) is 11.6. The molecule has 0 saturated heterocycles. The predicted octanol–water partition coefficient (Wildman–Crippen LogP) is 0.295. The van der Waals surface area contributed by atoms with Gasteiger partial charge in [-0.1, -0.05) is 11.6 Å². The number of hydrogen-bond acceptors (Lipinski definition) is 7. The average Bonchev–Trinajstić information content (AvgIpc) is 2.53. The van der Waals surface area contributed by atoms with Crippen molar-refractivity contribution in [2.45, 2.75) is 4.90 Å². The molecular formula is C13H9ClN2O8S. The number of carboxylic acid groups (broad SMARTS) is 2. The first-order valence-electron chi connectivity index (χ1n) is 6.36. The Morgan fingerprint density at radius 3 is 2.48 bits per heavy atom. The maximum absolute atomic E-state index is 12.5. The summed E-state index contributed by atoms with van der Waals surface area (Å²) in [5.41, 5.74) is -1.52. The van der Waals surface area contributed by atoms with Crippen molar-refractivity contribution >= 4 is 33.6 Å². The molecule has 0 atom stereocenters. The van der Waals surface area contributed by atoms with Crippen molar-refractivity contribution in [3.8, 4) is 5.88 Å². The summed E-state index contributed by atoms with van der Waals surface area (Å²) in [4.78, 5) is 32.8. The van der Waals surface area contributed by atoms with E-state index in [1.807, 2.05) is 0 Å². The van der Waals surface area contributed by atoms with E-state index in [4.69, 9.17) is 26.6 Å². The molecule has 0 spiro atoms. The van der Waals surface area contributed by atoms with Gasteiger partial charge in [0.15, 0.2) is 6.61 Å². The summed E-state index contributed by atoms with van der Waals surface area (Å²) in [6, 6.07) is 4.65. The van der Waals surface area contributed by atoms with Gasteiger partial charge < -0.3 is 14.9 Å². The van der Waals surface area contributed by atoms with E-state index >= 15 is 0 Å². The molecular weight excluding hydrogens is 380 g/mol. The van der Waals surface area contributed by atoms with Crippen molar-refractivity contribution in [1.82, 2.24) is 9.19 Å². The third-order valence-corrected chi connectivity index (χ3v) is 4.68. The number of aliphatic carboxylic acids is 1. The molecule has 0 fully saturated rings. The minimum absolute atomic E-state index is 0.0685. The highest BCUT2D eigenvalue weighted by atomic mass is 35.5. The fourth-order valence-electron chi connectivity index (χ4n) is 1.69. The van der Waals surface area contributed by atoms with Crippen LogP contribution < -0.4 is 10.3 Å². The summed E-state index contributed by atoms with van der Waals surface area (Å²) in [7, 11) is -4.56. The zero-order valence-corrected chi connectivity index (χ0v) is 13.7. The number of rotatable bonds is 6. The monoisotopic (exact) mass is 388 g/mol. The second kappa shape index (κ2) is 6.91. The lowest BCUT2D eigenvalue weighted by Gasteiger charge is -2.09. The van der Waals surface area contributed by atoms with Crippen LogP contribution in [0.25, 0.3) is 0 Å². The molecule has 0 unspecified atom stereocenters. The molecule has 25 heavy (non-hydrogen) atoms. The number of aromatic carboxylic acids is 1. The molecule has 10 nitrogen and oxygen atoms in total. The lowest BCUT2D eigenvalue weighted by Crippen LogP contribution is -2.30. The minimum atomic E-state index is -4.56. The van der Waals surface area contributed by atoms with Gasteiger partial charge in [-0.15, -0.1) is 9.19 Å². The Kier molecular flexibility index (Phi) is 5.09. The van der Waals surface area contributed by atoms with Crippen molar-refractivity contribution in [3.63, 3.8) is 0 Å². The summed E-state index contributed by atoms with van der Waals surface area (Å²) in [6.45, 7) is -0.796. The first-order valence-corrected chi connectivity index (χ1v) is 8.18. The van der Waals surface area contributed by atoms with Crippen LogP contribution in [-0.4, -0.2) is 46.4 Å². The topological polar surface area (TPSA) is 153 Å². The highest BCUT2D eigenvalue weighted by Crippen LogP contribution is 2.21. The fourth-order valence-corrected chi connectivity index (χ4v) is 3.08. The zero-order valence-electron chi connectivity index (χ0n) is 12.1. The van der Waals surface area contributed by atoms with Crippen molar-refractivity contribution < 1.29 is 33.0 Å². The van der Waals surface area contributed by atoms with E-state index in [0.29, 0.717) is 0 Å². The normalized spacial score (nSPS) is 11.1. The number of hydrogen-bond donors (Lipinski definition) is 2. The Morgan fingerprint density at radius 1 is 1.20 bits per heavy atom. The Labute approximate surface area is 144 Å². The first kappa shape index (κ1) is 18.4. The van der Waals surface area contributed by atoms with Gasteiger partial charge in [-0.05, 0) is 18.2 Å². The van der Waals surface area contributed by atoms with E-state index in [1.165, 1.54) is 0 Å². The van der Waals surface area contributed by atoms with Gasteiger partial charge in [-0.3, -0.25) is 4.79 Å². The second-order valence-electron chi connectivity index (χ2n) is 4.49. The summed E-state index contributed by atoms with van der Waals surface area (Å²) < 4.78 is 29.8. The Morgan fingerprint density at radius 2 is 1.88 bits per heavy atom.